The summed E-state index contributed by atoms with van der Waals surface area (Å²) in [5.74, 6) is 0. The number of fused-ring (bicyclic) bond motifs is 2. The summed E-state index contributed by atoms with van der Waals surface area (Å²) in [6.07, 6.45) is 4.08. The maximum Gasteiger partial charge on any atom is 0.0484 e. The summed E-state index contributed by atoms with van der Waals surface area (Å²) in [6.45, 7) is 0.923. The molecule has 4 heteroatoms. The Kier molecular flexibility index (Phi) is 5.46. The van der Waals surface area contributed by atoms with Gasteiger partial charge in [0, 0.05) is 49.7 Å². The number of hydrogen-bond donors (Lipinski definition) is 1. The third-order valence-corrected chi connectivity index (χ3v) is 5.43. The molecule has 0 bridgehead atoms. The number of nitrogens with one attached hydrogen (secondary N) is 1. The molecule has 134 valence electrons. The van der Waals surface area contributed by atoms with Gasteiger partial charge in [-0.1, -0.05) is 62.2 Å². The summed E-state index contributed by atoms with van der Waals surface area (Å²) in [6, 6.07) is 27.3. The Balaban J connectivity index is 0.000000153. The molecule has 0 amide bonds. The monoisotopic (exact) mass is 480 g/mol. The number of aromatic amines is 1. The van der Waals surface area contributed by atoms with E-state index in [0.717, 1.165) is 15.5 Å². The van der Waals surface area contributed by atoms with E-state index < -0.39 is 0 Å². The van der Waals surface area contributed by atoms with Crippen LogP contribution in [-0.4, -0.2) is 9.55 Å². The van der Waals surface area contributed by atoms with Crippen LogP contribution in [-0.2, 0) is 6.54 Å². The molecular weight excluding hydrogens is 464 g/mol. The molecule has 0 atom stereocenters. The van der Waals surface area contributed by atoms with Crippen molar-refractivity contribution in [2.75, 3.05) is 0 Å². The summed E-state index contributed by atoms with van der Waals surface area (Å²) in [5.41, 5.74) is 3.79. The first-order chi connectivity index (χ1) is 13.2. The smallest absolute Gasteiger partial charge is 0.0484 e. The minimum Gasteiger partial charge on any atom is -0.361 e. The van der Waals surface area contributed by atoms with Crippen LogP contribution in [0.25, 0.3) is 21.8 Å². The summed E-state index contributed by atoms with van der Waals surface area (Å²) in [4.78, 5) is 3.13. The highest BCUT2D eigenvalue weighted by molar-refractivity contribution is 9.10. The lowest BCUT2D eigenvalue weighted by molar-refractivity contribution is 0.837. The van der Waals surface area contributed by atoms with Crippen molar-refractivity contribution in [1.82, 2.24) is 9.55 Å². The molecular formula is C23H18Br2N2. The molecule has 0 aliphatic rings. The molecule has 27 heavy (non-hydrogen) atoms. The molecule has 0 aliphatic heterocycles. The van der Waals surface area contributed by atoms with Crippen LogP contribution >= 0.6 is 31.9 Å². The van der Waals surface area contributed by atoms with Gasteiger partial charge in [-0.25, -0.2) is 0 Å². The minimum atomic E-state index is 0.923. The van der Waals surface area contributed by atoms with Gasteiger partial charge in [0.1, 0.15) is 0 Å². The van der Waals surface area contributed by atoms with Crippen LogP contribution in [0.1, 0.15) is 5.56 Å². The second kappa shape index (κ2) is 8.15. The Morgan fingerprint density at radius 2 is 1.48 bits per heavy atom. The van der Waals surface area contributed by atoms with Crippen molar-refractivity contribution in [2.24, 2.45) is 0 Å². The minimum absolute atomic E-state index is 0.923. The third kappa shape index (κ3) is 4.34. The van der Waals surface area contributed by atoms with Gasteiger partial charge in [-0.05, 0) is 54.1 Å². The van der Waals surface area contributed by atoms with E-state index in [1.54, 1.807) is 0 Å². The van der Waals surface area contributed by atoms with Crippen LogP contribution in [0.4, 0.5) is 0 Å². The molecule has 2 aromatic heterocycles. The molecule has 0 saturated carbocycles. The average molecular weight is 482 g/mol. The predicted octanol–water partition coefficient (Wildman–Crippen LogP) is 7.38. The van der Waals surface area contributed by atoms with Crippen molar-refractivity contribution >= 4 is 53.7 Å². The van der Waals surface area contributed by atoms with Gasteiger partial charge in [-0.2, -0.15) is 0 Å². The van der Waals surface area contributed by atoms with E-state index in [9.17, 15) is 0 Å². The molecule has 0 fully saturated rings. The number of benzene rings is 3. The lowest BCUT2D eigenvalue weighted by Crippen LogP contribution is -1.96. The van der Waals surface area contributed by atoms with Crippen LogP contribution in [0.2, 0.25) is 0 Å². The number of aromatic nitrogens is 2. The highest BCUT2D eigenvalue weighted by atomic mass is 79.9. The first-order valence-corrected chi connectivity index (χ1v) is 10.3. The zero-order valence-electron chi connectivity index (χ0n) is 14.6. The second-order valence-electron chi connectivity index (χ2n) is 6.34. The normalized spacial score (nSPS) is 10.7. The number of H-pyrrole nitrogens is 1. The van der Waals surface area contributed by atoms with Gasteiger partial charge < -0.3 is 9.55 Å². The van der Waals surface area contributed by atoms with Crippen LogP contribution < -0.4 is 0 Å². The SMILES string of the molecule is Brc1ccc2[nH]ccc2c1.Brc1ccc2c(ccn2Cc2ccccc2)c1. The molecule has 5 rings (SSSR count). The molecule has 5 aromatic rings. The first kappa shape index (κ1) is 18.1. The van der Waals surface area contributed by atoms with Crippen molar-refractivity contribution in [2.45, 2.75) is 6.54 Å². The van der Waals surface area contributed by atoms with Gasteiger partial charge in [0.05, 0.1) is 0 Å². The van der Waals surface area contributed by atoms with Gasteiger partial charge in [0.2, 0.25) is 0 Å². The van der Waals surface area contributed by atoms with Gasteiger partial charge in [0.25, 0.3) is 0 Å². The predicted molar refractivity (Wildman–Crippen MR) is 121 cm³/mol. The topological polar surface area (TPSA) is 20.7 Å². The van der Waals surface area contributed by atoms with Crippen LogP contribution in [0.3, 0.4) is 0 Å². The van der Waals surface area contributed by atoms with Gasteiger partial charge in [-0.3, -0.25) is 0 Å². The maximum atomic E-state index is 3.50. The van der Waals surface area contributed by atoms with Crippen molar-refractivity contribution in [3.63, 3.8) is 0 Å². The Morgan fingerprint density at radius 3 is 2.30 bits per heavy atom. The first-order valence-electron chi connectivity index (χ1n) is 8.70. The van der Waals surface area contributed by atoms with E-state index in [0.29, 0.717) is 0 Å². The molecule has 2 heterocycles. The van der Waals surface area contributed by atoms with Crippen LogP contribution in [0.15, 0.2) is 100 Å². The van der Waals surface area contributed by atoms with E-state index >= 15 is 0 Å². The lowest BCUT2D eigenvalue weighted by atomic mass is 10.2. The molecule has 0 saturated heterocycles. The zero-order valence-corrected chi connectivity index (χ0v) is 17.7. The molecule has 3 aromatic carbocycles. The maximum absolute atomic E-state index is 3.50. The average Bonchev–Trinajstić information content (AvgIpc) is 3.29. The molecule has 2 nitrogen and oxygen atoms in total. The van der Waals surface area contributed by atoms with Crippen molar-refractivity contribution in [3.8, 4) is 0 Å². The molecule has 1 N–H and O–H groups in total. The van der Waals surface area contributed by atoms with E-state index in [4.69, 9.17) is 0 Å². The Hall–Kier alpha value is -2.30. The van der Waals surface area contributed by atoms with Crippen molar-refractivity contribution < 1.29 is 0 Å². The zero-order chi connectivity index (χ0) is 18.6. The number of nitrogens with zero attached hydrogens (tertiary/aromatic N) is 1. The standard InChI is InChI=1S/C15H12BrN.C8H6BrN/c16-14-6-7-15-13(10-14)8-9-17(15)11-12-4-2-1-3-5-12;9-7-1-2-8-6(5-7)3-4-10-8/h1-10H,11H2;1-5,10H. The highest BCUT2D eigenvalue weighted by Crippen LogP contribution is 2.21. The fourth-order valence-corrected chi connectivity index (χ4v) is 3.87. The second-order valence-corrected chi connectivity index (χ2v) is 8.17. The van der Waals surface area contributed by atoms with Crippen molar-refractivity contribution in [1.29, 1.82) is 0 Å². The quantitative estimate of drug-likeness (QED) is 0.271. The Morgan fingerprint density at radius 1 is 0.741 bits per heavy atom. The Bertz CT molecular complexity index is 1170. The summed E-state index contributed by atoms with van der Waals surface area (Å²) in [7, 11) is 0. The molecule has 0 radical (unpaired) electrons. The van der Waals surface area contributed by atoms with Gasteiger partial charge >= 0.3 is 0 Å². The van der Waals surface area contributed by atoms with Crippen LogP contribution in [0.5, 0.6) is 0 Å². The van der Waals surface area contributed by atoms with E-state index in [-0.39, 0.29) is 0 Å². The fraction of sp³-hybridized carbons (Fsp3) is 0.0435. The number of halogens is 2. The highest BCUT2D eigenvalue weighted by Gasteiger charge is 2.01. The van der Waals surface area contributed by atoms with Gasteiger partial charge in [-0.15, -0.1) is 0 Å². The summed E-state index contributed by atoms with van der Waals surface area (Å²) < 4.78 is 4.53. The summed E-state index contributed by atoms with van der Waals surface area (Å²) in [5, 5.41) is 2.52. The summed E-state index contributed by atoms with van der Waals surface area (Å²) >= 11 is 6.90. The van der Waals surface area contributed by atoms with Gasteiger partial charge in [0.15, 0.2) is 0 Å². The Labute approximate surface area is 175 Å². The van der Waals surface area contributed by atoms with E-state index in [1.807, 2.05) is 18.3 Å². The van der Waals surface area contributed by atoms with Crippen molar-refractivity contribution in [3.05, 3.63) is 106 Å². The number of rotatable bonds is 2. The van der Waals surface area contributed by atoms with E-state index in [2.05, 4.69) is 114 Å². The molecule has 0 aliphatic carbocycles. The third-order valence-electron chi connectivity index (χ3n) is 4.44. The largest absolute Gasteiger partial charge is 0.361 e. The molecule has 0 unspecified atom stereocenters. The van der Waals surface area contributed by atoms with Crippen LogP contribution in [0, 0.1) is 0 Å². The number of hydrogen-bond acceptors (Lipinski definition) is 0. The lowest BCUT2D eigenvalue weighted by Gasteiger charge is -2.05. The fourth-order valence-electron chi connectivity index (χ4n) is 3.11. The molecule has 0 spiro atoms. The van der Waals surface area contributed by atoms with E-state index in [1.165, 1.54) is 27.4 Å².